The van der Waals surface area contributed by atoms with Crippen molar-refractivity contribution in [1.29, 1.82) is 0 Å². The van der Waals surface area contributed by atoms with Gasteiger partial charge in [-0.1, -0.05) is 35.9 Å². The third-order valence-electron chi connectivity index (χ3n) is 3.17. The van der Waals surface area contributed by atoms with Crippen molar-refractivity contribution in [2.75, 3.05) is 0 Å². The second-order valence-corrected chi connectivity index (χ2v) is 6.15. The maximum absolute atomic E-state index is 12.2. The minimum absolute atomic E-state index is 0.366. The number of nitrogens with one attached hydrogen (secondary N) is 2. The largest absolute Gasteiger partial charge is 0.329 e. The summed E-state index contributed by atoms with van der Waals surface area (Å²) in [5.41, 5.74) is 1.96. The van der Waals surface area contributed by atoms with Gasteiger partial charge < -0.3 is 10.6 Å². The van der Waals surface area contributed by atoms with Crippen molar-refractivity contribution in [3.8, 4) is 0 Å². The third-order valence-corrected chi connectivity index (χ3v) is 3.68. The first-order valence-electron chi connectivity index (χ1n) is 6.99. The highest BCUT2D eigenvalue weighted by Gasteiger charge is 2.22. The van der Waals surface area contributed by atoms with Gasteiger partial charge in [0.2, 0.25) is 0 Å². The Labute approximate surface area is 144 Å². The van der Waals surface area contributed by atoms with Crippen LogP contribution >= 0.6 is 23.2 Å². The van der Waals surface area contributed by atoms with Crippen LogP contribution < -0.4 is 10.6 Å². The first-order valence-corrected chi connectivity index (χ1v) is 7.86. The molecule has 2 amide bonds. The average Bonchev–Trinajstić information content (AvgIpc) is 2.55. The van der Waals surface area contributed by atoms with E-state index in [4.69, 9.17) is 23.2 Å². The average molecular weight is 351 g/mol. The van der Waals surface area contributed by atoms with Gasteiger partial charge in [-0.15, -0.1) is 23.2 Å². The van der Waals surface area contributed by atoms with Crippen LogP contribution in [0.25, 0.3) is 0 Å². The van der Waals surface area contributed by atoms with Crippen LogP contribution in [0.15, 0.2) is 54.6 Å². The SMILES string of the molecule is Cc1ccc(C(=O)N[C@@H](NC(=O)c2ccccc2)C(Cl)Cl)cc1. The summed E-state index contributed by atoms with van der Waals surface area (Å²) in [6.07, 6.45) is -0.903. The van der Waals surface area contributed by atoms with Crippen LogP contribution in [0.2, 0.25) is 0 Å². The van der Waals surface area contributed by atoms with E-state index >= 15 is 0 Å². The summed E-state index contributed by atoms with van der Waals surface area (Å²) >= 11 is 11.7. The predicted molar refractivity (Wildman–Crippen MR) is 91.8 cm³/mol. The lowest BCUT2D eigenvalue weighted by atomic mass is 10.1. The van der Waals surface area contributed by atoms with E-state index in [-0.39, 0.29) is 11.8 Å². The van der Waals surface area contributed by atoms with Gasteiger partial charge in [0.25, 0.3) is 11.8 Å². The maximum atomic E-state index is 12.2. The molecule has 0 unspecified atom stereocenters. The minimum atomic E-state index is -0.989. The Balaban J connectivity index is 2.05. The van der Waals surface area contributed by atoms with E-state index in [9.17, 15) is 9.59 Å². The summed E-state index contributed by atoms with van der Waals surface area (Å²) in [6.45, 7) is 1.93. The molecule has 0 aliphatic carbocycles. The molecule has 0 aromatic heterocycles. The fourth-order valence-corrected chi connectivity index (χ4v) is 2.16. The van der Waals surface area contributed by atoms with Crippen molar-refractivity contribution < 1.29 is 9.59 Å². The van der Waals surface area contributed by atoms with E-state index in [1.807, 2.05) is 19.1 Å². The van der Waals surface area contributed by atoms with Crippen LogP contribution in [0.3, 0.4) is 0 Å². The molecule has 1 atom stereocenters. The van der Waals surface area contributed by atoms with E-state index in [0.29, 0.717) is 11.1 Å². The zero-order valence-corrected chi connectivity index (χ0v) is 13.9. The highest BCUT2D eigenvalue weighted by molar-refractivity contribution is 6.45. The molecule has 0 radical (unpaired) electrons. The van der Waals surface area contributed by atoms with Crippen LogP contribution in [0, 0.1) is 6.92 Å². The highest BCUT2D eigenvalue weighted by atomic mass is 35.5. The van der Waals surface area contributed by atoms with Crippen LogP contribution in [0.4, 0.5) is 0 Å². The number of carbonyl (C=O) groups is 2. The number of halogens is 2. The van der Waals surface area contributed by atoms with Crippen molar-refractivity contribution in [2.24, 2.45) is 0 Å². The molecule has 23 heavy (non-hydrogen) atoms. The predicted octanol–water partition coefficient (Wildman–Crippen LogP) is 3.28. The fraction of sp³-hybridized carbons (Fsp3) is 0.176. The Morgan fingerprint density at radius 1 is 0.826 bits per heavy atom. The van der Waals surface area contributed by atoms with Crippen molar-refractivity contribution >= 4 is 35.0 Å². The van der Waals surface area contributed by atoms with Crippen LogP contribution in [-0.2, 0) is 0 Å². The van der Waals surface area contributed by atoms with Crippen molar-refractivity contribution in [3.05, 3.63) is 71.3 Å². The molecule has 0 spiro atoms. The zero-order valence-electron chi connectivity index (χ0n) is 12.4. The van der Waals surface area contributed by atoms with Gasteiger partial charge in [0.05, 0.1) is 0 Å². The summed E-state index contributed by atoms with van der Waals surface area (Å²) in [6, 6.07) is 15.6. The summed E-state index contributed by atoms with van der Waals surface area (Å²) in [5, 5.41) is 5.23. The molecule has 4 nitrogen and oxygen atoms in total. The lowest BCUT2D eigenvalue weighted by molar-refractivity contribution is 0.0888. The normalized spacial score (nSPS) is 11.8. The van der Waals surface area contributed by atoms with Crippen LogP contribution in [0.5, 0.6) is 0 Å². The fourth-order valence-electron chi connectivity index (χ4n) is 1.91. The number of amides is 2. The number of benzene rings is 2. The van der Waals surface area contributed by atoms with Gasteiger partial charge in [-0.25, -0.2) is 0 Å². The molecule has 2 aromatic rings. The first kappa shape index (κ1) is 17.3. The summed E-state index contributed by atoms with van der Waals surface area (Å²) in [5.74, 6) is -0.735. The van der Waals surface area contributed by atoms with E-state index in [2.05, 4.69) is 10.6 Å². The maximum Gasteiger partial charge on any atom is 0.252 e. The quantitative estimate of drug-likeness (QED) is 0.642. The van der Waals surface area contributed by atoms with E-state index < -0.39 is 11.0 Å². The topological polar surface area (TPSA) is 58.2 Å². The van der Waals surface area contributed by atoms with Gasteiger partial charge in [-0.05, 0) is 31.2 Å². The Morgan fingerprint density at radius 2 is 1.30 bits per heavy atom. The van der Waals surface area contributed by atoms with Crippen LogP contribution in [-0.4, -0.2) is 22.8 Å². The van der Waals surface area contributed by atoms with Gasteiger partial charge in [0, 0.05) is 11.1 Å². The Hall–Kier alpha value is -2.04. The summed E-state index contributed by atoms with van der Waals surface area (Å²) in [4.78, 5) is 23.4. The number of hydrogen-bond donors (Lipinski definition) is 2. The summed E-state index contributed by atoms with van der Waals surface area (Å²) in [7, 11) is 0. The van der Waals surface area contributed by atoms with Crippen molar-refractivity contribution in [2.45, 2.75) is 17.9 Å². The van der Waals surface area contributed by atoms with Gasteiger partial charge in [0.1, 0.15) is 11.0 Å². The molecule has 0 aliphatic heterocycles. The number of rotatable bonds is 5. The van der Waals surface area contributed by atoms with E-state index in [0.717, 1.165) is 5.56 Å². The van der Waals surface area contributed by atoms with Gasteiger partial charge in [-0.2, -0.15) is 0 Å². The molecule has 0 fully saturated rings. The molecular formula is C17H16Cl2N2O2. The van der Waals surface area contributed by atoms with Gasteiger partial charge >= 0.3 is 0 Å². The molecule has 0 aliphatic rings. The second-order valence-electron chi connectivity index (χ2n) is 4.99. The Morgan fingerprint density at radius 3 is 1.78 bits per heavy atom. The third kappa shape index (κ3) is 4.98. The minimum Gasteiger partial charge on any atom is -0.329 e. The lowest BCUT2D eigenvalue weighted by Gasteiger charge is -2.21. The molecule has 6 heteroatoms. The molecule has 2 aromatic carbocycles. The van der Waals surface area contributed by atoms with Crippen molar-refractivity contribution in [1.82, 2.24) is 10.6 Å². The lowest BCUT2D eigenvalue weighted by Crippen LogP contribution is -2.51. The Kier molecular flexibility index (Phi) is 6.02. The number of carbonyl (C=O) groups excluding carboxylic acids is 2. The number of aryl methyl sites for hydroxylation is 1. The molecule has 2 rings (SSSR count). The smallest absolute Gasteiger partial charge is 0.252 e. The molecule has 0 heterocycles. The molecule has 0 saturated carbocycles. The molecule has 2 N–H and O–H groups in total. The van der Waals surface area contributed by atoms with E-state index in [1.165, 1.54) is 0 Å². The molecule has 0 bridgehead atoms. The first-order chi connectivity index (χ1) is 11.0. The monoisotopic (exact) mass is 350 g/mol. The number of hydrogen-bond acceptors (Lipinski definition) is 2. The van der Waals surface area contributed by atoms with Crippen LogP contribution in [0.1, 0.15) is 26.3 Å². The highest BCUT2D eigenvalue weighted by Crippen LogP contribution is 2.09. The van der Waals surface area contributed by atoms with Gasteiger partial charge in [0.15, 0.2) is 0 Å². The molecular weight excluding hydrogens is 335 g/mol. The standard InChI is InChI=1S/C17H16Cl2N2O2/c1-11-7-9-13(10-8-11)17(23)21-15(14(18)19)20-16(22)12-5-3-2-4-6-12/h2-10,14-15H,1H3,(H,20,22)(H,21,23)/t15-/m1/s1. The van der Waals surface area contributed by atoms with E-state index in [1.54, 1.807) is 42.5 Å². The summed E-state index contributed by atoms with van der Waals surface area (Å²) < 4.78 is 0. The zero-order chi connectivity index (χ0) is 16.8. The van der Waals surface area contributed by atoms with Crippen molar-refractivity contribution in [3.63, 3.8) is 0 Å². The molecule has 120 valence electrons. The molecule has 0 saturated heterocycles. The van der Waals surface area contributed by atoms with Gasteiger partial charge in [-0.3, -0.25) is 9.59 Å². The number of alkyl halides is 2. The Bertz CT molecular complexity index is 673. The second kappa shape index (κ2) is 7.99.